The molecule has 0 aromatic rings. The predicted molar refractivity (Wildman–Crippen MR) is 119 cm³/mol. The molecule has 0 aromatic carbocycles. The van der Waals surface area contributed by atoms with Gasteiger partial charge in [-0.2, -0.15) is 8.42 Å². The fourth-order valence-corrected chi connectivity index (χ4v) is 2.25. The first-order valence-electron chi connectivity index (χ1n) is 10.6. The van der Waals surface area contributed by atoms with Crippen molar-refractivity contribution < 1.29 is 31.8 Å². The lowest BCUT2D eigenvalue weighted by Crippen LogP contribution is -2.45. The van der Waals surface area contributed by atoms with Gasteiger partial charge < -0.3 is 5.11 Å². The second kappa shape index (κ2) is 21.0. The standard InChI is InChI=1S/C17H36N2O.C2H4O2.CH4O4S/c1-5-7-8-9-10-11-12-13-14-17(3,4)16(20)19-18-15-6-2;1-2(3)4;1-5-6(2,3)4/h18H,5-15H2,1-4H3,(H,19,20);1H3,(H,3,4);1H3,(H,2,3,4). The largest absolute Gasteiger partial charge is 0.481 e. The molecule has 9 nitrogen and oxygen atoms in total. The number of aliphatic carboxylic acids is 1. The van der Waals surface area contributed by atoms with Crippen LogP contribution >= 0.6 is 0 Å². The van der Waals surface area contributed by atoms with E-state index in [0.29, 0.717) is 0 Å². The van der Waals surface area contributed by atoms with Gasteiger partial charge in [0, 0.05) is 18.9 Å². The highest BCUT2D eigenvalue weighted by Gasteiger charge is 2.26. The minimum Gasteiger partial charge on any atom is -0.481 e. The average Bonchev–Trinajstić information content (AvgIpc) is 2.63. The Morgan fingerprint density at radius 2 is 1.33 bits per heavy atom. The highest BCUT2D eigenvalue weighted by Crippen LogP contribution is 2.24. The van der Waals surface area contributed by atoms with E-state index in [9.17, 15) is 13.2 Å². The van der Waals surface area contributed by atoms with Gasteiger partial charge in [-0.15, -0.1) is 0 Å². The van der Waals surface area contributed by atoms with Crippen LogP contribution in [-0.2, 0) is 24.2 Å². The van der Waals surface area contributed by atoms with E-state index in [0.717, 1.165) is 39.8 Å². The lowest BCUT2D eigenvalue weighted by atomic mass is 9.86. The van der Waals surface area contributed by atoms with Gasteiger partial charge in [-0.1, -0.05) is 79.1 Å². The number of carbonyl (C=O) groups is 2. The van der Waals surface area contributed by atoms with Gasteiger partial charge >= 0.3 is 10.4 Å². The van der Waals surface area contributed by atoms with Crippen LogP contribution in [-0.4, -0.2) is 43.6 Å². The molecule has 0 radical (unpaired) electrons. The summed E-state index contributed by atoms with van der Waals surface area (Å²) < 4.78 is 29.7. The van der Waals surface area contributed by atoms with Crippen LogP contribution in [0.4, 0.5) is 0 Å². The third-order valence-corrected chi connectivity index (χ3v) is 4.48. The van der Waals surface area contributed by atoms with Crippen molar-refractivity contribution in [1.29, 1.82) is 0 Å². The van der Waals surface area contributed by atoms with Crippen molar-refractivity contribution >= 4 is 22.3 Å². The monoisotopic (exact) mass is 456 g/mol. The number of amides is 1. The van der Waals surface area contributed by atoms with Gasteiger partial charge in [-0.05, 0) is 12.8 Å². The SMILES string of the molecule is CC(=O)O.CCCCCCCCCCC(C)(C)C(=O)NNCCC.COS(=O)(=O)O. The molecule has 0 spiro atoms. The Kier molecular flexibility index (Phi) is 23.4. The summed E-state index contributed by atoms with van der Waals surface area (Å²) in [6.07, 6.45) is 12.5. The molecule has 1 amide bonds. The van der Waals surface area contributed by atoms with Crippen molar-refractivity contribution in [2.45, 2.75) is 98.8 Å². The number of unbranched alkanes of at least 4 members (excludes halogenated alkanes) is 7. The van der Waals surface area contributed by atoms with Crippen LogP contribution in [0.3, 0.4) is 0 Å². The Morgan fingerprint density at radius 3 is 1.70 bits per heavy atom. The molecule has 0 fully saturated rings. The maximum atomic E-state index is 12.0. The summed E-state index contributed by atoms with van der Waals surface area (Å²) >= 11 is 0. The fourth-order valence-electron chi connectivity index (χ4n) is 2.25. The number of carboxylic acids is 1. The maximum absolute atomic E-state index is 12.0. The van der Waals surface area contributed by atoms with Gasteiger partial charge in [0.15, 0.2) is 0 Å². The van der Waals surface area contributed by atoms with Crippen LogP contribution in [0.25, 0.3) is 0 Å². The van der Waals surface area contributed by atoms with E-state index >= 15 is 0 Å². The van der Waals surface area contributed by atoms with Crippen molar-refractivity contribution in [1.82, 2.24) is 10.9 Å². The first-order chi connectivity index (χ1) is 13.8. The number of nitrogens with one attached hydrogen (secondary N) is 2. The summed E-state index contributed by atoms with van der Waals surface area (Å²) in [7, 11) is -3.29. The minimum absolute atomic E-state index is 0.119. The Balaban J connectivity index is -0.000000600. The molecule has 0 saturated carbocycles. The Hall–Kier alpha value is -1.23. The second-order valence-electron chi connectivity index (χ2n) is 7.60. The number of rotatable bonds is 14. The molecular formula is C20H44N2O7S. The van der Waals surface area contributed by atoms with Crippen molar-refractivity contribution in [2.24, 2.45) is 5.41 Å². The molecule has 10 heteroatoms. The van der Waals surface area contributed by atoms with E-state index in [1.54, 1.807) is 0 Å². The van der Waals surface area contributed by atoms with Gasteiger partial charge in [0.05, 0.1) is 7.11 Å². The molecule has 0 aliphatic heterocycles. The number of carbonyl (C=O) groups excluding carboxylic acids is 1. The predicted octanol–water partition coefficient (Wildman–Crippen LogP) is 4.10. The zero-order valence-corrected chi connectivity index (χ0v) is 20.4. The smallest absolute Gasteiger partial charge is 0.397 e. The third kappa shape index (κ3) is 31.5. The van der Waals surface area contributed by atoms with Gasteiger partial charge in [0.1, 0.15) is 0 Å². The topological polar surface area (TPSA) is 142 Å². The molecule has 0 rings (SSSR count). The highest BCUT2D eigenvalue weighted by atomic mass is 32.3. The Labute approximate surface area is 183 Å². The van der Waals surface area contributed by atoms with Crippen LogP contribution in [0.5, 0.6) is 0 Å². The molecule has 0 aromatic heterocycles. The molecule has 0 bridgehead atoms. The number of carboxylic acid groups (broad SMARTS) is 1. The molecule has 0 saturated heterocycles. The number of hydrazine groups is 1. The summed E-state index contributed by atoms with van der Waals surface area (Å²) in [5.74, 6) is -0.714. The number of hydrogen-bond acceptors (Lipinski definition) is 6. The summed E-state index contributed by atoms with van der Waals surface area (Å²) in [5, 5.41) is 7.42. The zero-order valence-electron chi connectivity index (χ0n) is 19.6. The second-order valence-corrected chi connectivity index (χ2v) is 8.79. The molecule has 182 valence electrons. The lowest BCUT2D eigenvalue weighted by Gasteiger charge is -2.23. The van der Waals surface area contributed by atoms with Crippen LogP contribution < -0.4 is 10.9 Å². The summed E-state index contributed by atoms with van der Waals surface area (Å²) in [6, 6.07) is 0. The van der Waals surface area contributed by atoms with Crippen molar-refractivity contribution in [2.75, 3.05) is 13.7 Å². The van der Waals surface area contributed by atoms with Crippen molar-refractivity contribution in [3.8, 4) is 0 Å². The Bertz CT molecular complexity index is 519. The minimum atomic E-state index is -4.16. The molecule has 0 unspecified atom stereocenters. The maximum Gasteiger partial charge on any atom is 0.397 e. The van der Waals surface area contributed by atoms with E-state index in [2.05, 4.69) is 28.9 Å². The van der Waals surface area contributed by atoms with Gasteiger partial charge in [-0.25, -0.2) is 5.43 Å². The normalized spacial score (nSPS) is 10.9. The van der Waals surface area contributed by atoms with Crippen LogP contribution in [0, 0.1) is 5.41 Å². The first kappa shape index (κ1) is 33.4. The average molecular weight is 457 g/mol. The molecule has 30 heavy (non-hydrogen) atoms. The van der Waals surface area contributed by atoms with Crippen LogP contribution in [0.2, 0.25) is 0 Å². The lowest BCUT2D eigenvalue weighted by molar-refractivity contribution is -0.134. The van der Waals surface area contributed by atoms with Crippen LogP contribution in [0.15, 0.2) is 0 Å². The van der Waals surface area contributed by atoms with Crippen LogP contribution in [0.1, 0.15) is 98.8 Å². The van der Waals surface area contributed by atoms with E-state index in [1.165, 1.54) is 44.9 Å². The fraction of sp³-hybridized carbons (Fsp3) is 0.900. The van der Waals surface area contributed by atoms with E-state index in [-0.39, 0.29) is 11.3 Å². The summed E-state index contributed by atoms with van der Waals surface area (Å²) in [6.45, 7) is 10.3. The Morgan fingerprint density at radius 1 is 0.933 bits per heavy atom. The van der Waals surface area contributed by atoms with Gasteiger partial charge in [0.25, 0.3) is 5.97 Å². The molecule has 0 atom stereocenters. The molecule has 0 aliphatic carbocycles. The number of hydrogen-bond donors (Lipinski definition) is 4. The quantitative estimate of drug-likeness (QED) is 0.174. The van der Waals surface area contributed by atoms with Gasteiger partial charge in [0.2, 0.25) is 5.91 Å². The van der Waals surface area contributed by atoms with E-state index < -0.39 is 16.4 Å². The summed E-state index contributed by atoms with van der Waals surface area (Å²) in [4.78, 5) is 21.0. The molecule has 0 aliphatic rings. The summed E-state index contributed by atoms with van der Waals surface area (Å²) in [5.41, 5.74) is 5.52. The molecule has 4 N–H and O–H groups in total. The van der Waals surface area contributed by atoms with E-state index in [4.69, 9.17) is 14.5 Å². The first-order valence-corrected chi connectivity index (χ1v) is 12.0. The zero-order chi connectivity index (χ0) is 24.1. The molecule has 0 heterocycles. The third-order valence-electron chi connectivity index (χ3n) is 4.06. The van der Waals surface area contributed by atoms with Crippen molar-refractivity contribution in [3.63, 3.8) is 0 Å². The van der Waals surface area contributed by atoms with Crippen molar-refractivity contribution in [3.05, 3.63) is 0 Å². The van der Waals surface area contributed by atoms with Gasteiger partial charge in [-0.3, -0.25) is 23.8 Å². The highest BCUT2D eigenvalue weighted by molar-refractivity contribution is 7.80. The molecular weight excluding hydrogens is 412 g/mol. The van der Waals surface area contributed by atoms with E-state index in [1.807, 2.05) is 13.8 Å².